The lowest BCUT2D eigenvalue weighted by atomic mass is 10.2. The van der Waals surface area contributed by atoms with E-state index in [1.165, 1.54) is 47.6 Å². The zero-order valence-corrected chi connectivity index (χ0v) is 19.7. The number of carbonyl (C=O) groups excluding carboxylic acids is 2. The molecule has 0 saturated heterocycles. The van der Waals surface area contributed by atoms with E-state index in [4.69, 9.17) is 4.74 Å². The standard InChI is InChI=1S/C25H25N3O5S/c1-27(17-24(29)26-20-9-6-10-21(16-20)33-2)25(30)19-8-5-11-22(15-19)34(31,32)28-14-13-18-7-3-4-12-23(18)28/h3-12,15-16H,13-14,17H2,1-2H3,(H,26,29). The number of methoxy groups -OCH3 is 1. The zero-order valence-electron chi connectivity index (χ0n) is 18.9. The largest absolute Gasteiger partial charge is 0.497 e. The first-order valence-corrected chi connectivity index (χ1v) is 12.1. The van der Waals surface area contributed by atoms with Crippen LogP contribution in [0.1, 0.15) is 15.9 Å². The minimum absolute atomic E-state index is 0.0317. The maximum absolute atomic E-state index is 13.3. The van der Waals surface area contributed by atoms with Crippen molar-refractivity contribution in [2.24, 2.45) is 0 Å². The number of nitrogens with one attached hydrogen (secondary N) is 1. The summed E-state index contributed by atoms with van der Waals surface area (Å²) in [6.07, 6.45) is 0.638. The molecule has 0 fully saturated rings. The molecule has 1 heterocycles. The Morgan fingerprint density at radius 2 is 1.79 bits per heavy atom. The molecule has 1 aliphatic rings. The maximum Gasteiger partial charge on any atom is 0.264 e. The Kier molecular flexibility index (Phi) is 6.56. The van der Waals surface area contributed by atoms with Crippen LogP contribution < -0.4 is 14.4 Å². The second-order valence-corrected chi connectivity index (χ2v) is 9.79. The Morgan fingerprint density at radius 3 is 2.59 bits per heavy atom. The van der Waals surface area contributed by atoms with E-state index < -0.39 is 15.9 Å². The minimum atomic E-state index is -3.83. The fourth-order valence-electron chi connectivity index (χ4n) is 3.88. The third-order valence-electron chi connectivity index (χ3n) is 5.59. The summed E-state index contributed by atoms with van der Waals surface area (Å²) in [7, 11) is -0.809. The third kappa shape index (κ3) is 4.74. The van der Waals surface area contributed by atoms with Crippen LogP contribution in [-0.2, 0) is 21.2 Å². The fraction of sp³-hybridized carbons (Fsp3) is 0.200. The van der Waals surface area contributed by atoms with Crippen molar-refractivity contribution in [2.45, 2.75) is 11.3 Å². The van der Waals surface area contributed by atoms with Crippen LogP contribution in [-0.4, -0.2) is 52.4 Å². The number of likely N-dealkylation sites (N-methyl/N-ethyl adjacent to an activating group) is 1. The monoisotopic (exact) mass is 479 g/mol. The van der Waals surface area contributed by atoms with Gasteiger partial charge >= 0.3 is 0 Å². The summed E-state index contributed by atoms with van der Waals surface area (Å²) in [6, 6.07) is 20.2. The van der Waals surface area contributed by atoms with Gasteiger partial charge < -0.3 is 15.0 Å². The van der Waals surface area contributed by atoms with E-state index >= 15 is 0 Å². The Balaban J connectivity index is 1.47. The lowest BCUT2D eigenvalue weighted by Crippen LogP contribution is -2.35. The van der Waals surface area contributed by atoms with Gasteiger partial charge in [-0.15, -0.1) is 0 Å². The SMILES string of the molecule is COc1cccc(NC(=O)CN(C)C(=O)c2cccc(S(=O)(=O)N3CCc4ccccc43)c2)c1. The van der Waals surface area contributed by atoms with Crippen molar-refractivity contribution in [3.05, 3.63) is 83.9 Å². The number of hydrogen-bond acceptors (Lipinski definition) is 5. The second-order valence-electron chi connectivity index (χ2n) is 7.93. The summed E-state index contributed by atoms with van der Waals surface area (Å²) in [5, 5.41) is 2.72. The van der Waals surface area contributed by atoms with Crippen LogP contribution in [0.4, 0.5) is 11.4 Å². The summed E-state index contributed by atoms with van der Waals surface area (Å²) in [6.45, 7) is 0.150. The molecule has 4 rings (SSSR count). The second kappa shape index (κ2) is 9.56. The quantitative estimate of drug-likeness (QED) is 0.562. The van der Waals surface area contributed by atoms with Crippen LogP contribution in [0.3, 0.4) is 0 Å². The molecule has 0 spiro atoms. The van der Waals surface area contributed by atoms with Crippen molar-refractivity contribution in [2.75, 3.05) is 36.9 Å². The predicted octanol–water partition coefficient (Wildman–Crippen LogP) is 3.16. The van der Waals surface area contributed by atoms with Gasteiger partial charge in [0.25, 0.3) is 15.9 Å². The van der Waals surface area contributed by atoms with Gasteiger partial charge in [0.1, 0.15) is 5.75 Å². The van der Waals surface area contributed by atoms with E-state index in [-0.39, 0.29) is 22.9 Å². The average Bonchev–Trinajstić information content (AvgIpc) is 3.28. The summed E-state index contributed by atoms with van der Waals surface area (Å²) in [5.41, 5.74) is 2.36. The molecule has 9 heteroatoms. The number of sulfonamides is 1. The van der Waals surface area contributed by atoms with Gasteiger partial charge in [-0.05, 0) is 48.4 Å². The highest BCUT2D eigenvalue weighted by Crippen LogP contribution is 2.32. The predicted molar refractivity (Wildman–Crippen MR) is 130 cm³/mol. The number of amides is 2. The molecular formula is C25H25N3O5S. The van der Waals surface area contributed by atoms with Crippen molar-refractivity contribution in [3.8, 4) is 5.75 Å². The van der Waals surface area contributed by atoms with Gasteiger partial charge in [-0.25, -0.2) is 8.42 Å². The van der Waals surface area contributed by atoms with Gasteiger partial charge in [-0.3, -0.25) is 13.9 Å². The van der Waals surface area contributed by atoms with E-state index in [1.54, 1.807) is 36.4 Å². The molecule has 0 aromatic heterocycles. The molecule has 0 unspecified atom stereocenters. The summed E-state index contributed by atoms with van der Waals surface area (Å²) in [5.74, 6) is -0.248. The van der Waals surface area contributed by atoms with Crippen molar-refractivity contribution >= 4 is 33.2 Å². The molecule has 3 aromatic carbocycles. The third-order valence-corrected chi connectivity index (χ3v) is 7.40. The molecule has 8 nitrogen and oxygen atoms in total. The van der Waals surface area contributed by atoms with E-state index in [0.717, 1.165) is 5.56 Å². The van der Waals surface area contributed by atoms with Crippen LogP contribution >= 0.6 is 0 Å². The first-order chi connectivity index (χ1) is 16.3. The number of anilines is 2. The van der Waals surface area contributed by atoms with E-state index in [1.807, 2.05) is 12.1 Å². The van der Waals surface area contributed by atoms with Gasteiger partial charge in [-0.2, -0.15) is 0 Å². The number of rotatable bonds is 7. The maximum atomic E-state index is 13.3. The first-order valence-electron chi connectivity index (χ1n) is 10.7. The summed E-state index contributed by atoms with van der Waals surface area (Å²) >= 11 is 0. The Morgan fingerprint density at radius 1 is 1.03 bits per heavy atom. The molecular weight excluding hydrogens is 454 g/mol. The molecule has 1 N–H and O–H groups in total. The van der Waals surface area contributed by atoms with Crippen LogP contribution in [0.5, 0.6) is 5.75 Å². The van der Waals surface area contributed by atoms with Gasteiger partial charge in [0.15, 0.2) is 0 Å². The summed E-state index contributed by atoms with van der Waals surface area (Å²) in [4.78, 5) is 26.7. The normalized spacial score (nSPS) is 12.7. The van der Waals surface area contributed by atoms with Crippen LogP contribution in [0.25, 0.3) is 0 Å². The number of para-hydroxylation sites is 1. The molecule has 0 saturated carbocycles. The molecule has 2 amide bonds. The number of fused-ring (bicyclic) bond motifs is 1. The molecule has 0 atom stereocenters. The first kappa shape index (κ1) is 23.3. The lowest BCUT2D eigenvalue weighted by Gasteiger charge is -2.21. The van der Waals surface area contributed by atoms with Gasteiger partial charge in [0.2, 0.25) is 5.91 Å². The number of benzene rings is 3. The molecule has 0 aliphatic carbocycles. The topological polar surface area (TPSA) is 96.0 Å². The Labute approximate surface area is 198 Å². The van der Waals surface area contributed by atoms with Crippen molar-refractivity contribution in [3.63, 3.8) is 0 Å². The minimum Gasteiger partial charge on any atom is -0.497 e. The number of carbonyl (C=O) groups is 2. The van der Waals surface area contributed by atoms with Gasteiger partial charge in [0.05, 0.1) is 24.2 Å². The molecule has 0 bridgehead atoms. The Hall–Kier alpha value is -3.85. The van der Waals surface area contributed by atoms with Crippen molar-refractivity contribution < 1.29 is 22.7 Å². The average molecular weight is 480 g/mol. The lowest BCUT2D eigenvalue weighted by molar-refractivity contribution is -0.116. The highest BCUT2D eigenvalue weighted by Gasteiger charge is 2.31. The molecule has 3 aromatic rings. The van der Waals surface area contributed by atoms with Crippen LogP contribution in [0, 0.1) is 0 Å². The number of nitrogens with zero attached hydrogens (tertiary/aromatic N) is 2. The highest BCUT2D eigenvalue weighted by molar-refractivity contribution is 7.92. The molecule has 1 aliphatic heterocycles. The van der Waals surface area contributed by atoms with E-state index in [9.17, 15) is 18.0 Å². The fourth-order valence-corrected chi connectivity index (χ4v) is 5.43. The van der Waals surface area contributed by atoms with Gasteiger partial charge in [-0.1, -0.05) is 30.3 Å². The van der Waals surface area contributed by atoms with Crippen LogP contribution in [0.2, 0.25) is 0 Å². The van der Waals surface area contributed by atoms with Crippen molar-refractivity contribution in [1.82, 2.24) is 4.90 Å². The molecule has 176 valence electrons. The smallest absolute Gasteiger partial charge is 0.264 e. The van der Waals surface area contributed by atoms with Gasteiger partial charge in [0, 0.05) is 30.9 Å². The van der Waals surface area contributed by atoms with Crippen LogP contribution in [0.15, 0.2) is 77.7 Å². The summed E-state index contributed by atoms with van der Waals surface area (Å²) < 4.78 is 33.1. The van der Waals surface area contributed by atoms with E-state index in [0.29, 0.717) is 30.1 Å². The van der Waals surface area contributed by atoms with E-state index in [2.05, 4.69) is 5.32 Å². The zero-order chi connectivity index (χ0) is 24.3. The molecule has 0 radical (unpaired) electrons. The Bertz CT molecular complexity index is 1340. The molecule has 34 heavy (non-hydrogen) atoms. The van der Waals surface area contributed by atoms with Crippen molar-refractivity contribution in [1.29, 1.82) is 0 Å². The number of hydrogen-bond donors (Lipinski definition) is 1. The highest BCUT2D eigenvalue weighted by atomic mass is 32.2. The number of ether oxygens (including phenoxy) is 1.